The van der Waals surface area contributed by atoms with Gasteiger partial charge in [0.2, 0.25) is 24.0 Å². The van der Waals surface area contributed by atoms with Crippen molar-refractivity contribution in [2.45, 2.75) is 25.7 Å². The first-order valence-electron chi connectivity index (χ1n) is 11.8. The Morgan fingerprint density at radius 2 is 1.00 bits per heavy atom. The molecule has 6 nitrogen and oxygen atoms in total. The molecule has 0 atom stereocenters. The molecule has 0 saturated carbocycles. The largest absolute Gasteiger partial charge is 0.341 e. The maximum Gasteiger partial charge on any atom is 0.245 e. The van der Waals surface area contributed by atoms with Crippen molar-refractivity contribution < 1.29 is 28.1 Å². The Bertz CT molecular complexity index is 1200. The van der Waals surface area contributed by atoms with Crippen LogP contribution in [0.25, 0.3) is 10.8 Å². The van der Waals surface area contributed by atoms with Gasteiger partial charge in [-0.15, -0.1) is 0 Å². The summed E-state index contributed by atoms with van der Waals surface area (Å²) in [7, 11) is 0. The van der Waals surface area contributed by atoms with Crippen LogP contribution in [-0.4, -0.2) is 26.4 Å². The van der Waals surface area contributed by atoms with E-state index in [9.17, 15) is 0 Å². The second kappa shape index (κ2) is 9.60. The first-order valence-corrected chi connectivity index (χ1v) is 11.8. The third kappa shape index (κ3) is 4.45. The Morgan fingerprint density at radius 3 is 1.44 bits per heavy atom. The number of ether oxygens (including phenoxy) is 4. The van der Waals surface area contributed by atoms with Crippen molar-refractivity contribution in [3.05, 3.63) is 108 Å². The van der Waals surface area contributed by atoms with Crippen LogP contribution in [0, 0.1) is 0 Å². The summed E-state index contributed by atoms with van der Waals surface area (Å²) in [5.74, 6) is 0. The zero-order chi connectivity index (χ0) is 22.7. The lowest BCUT2D eigenvalue weighted by molar-refractivity contribution is -0.702. The normalized spacial score (nSPS) is 17.1. The van der Waals surface area contributed by atoms with Crippen LogP contribution in [-0.2, 0) is 32.0 Å². The van der Waals surface area contributed by atoms with E-state index in [1.54, 1.807) is 0 Å². The molecule has 2 aromatic heterocycles. The number of hydrogen-bond acceptors (Lipinski definition) is 4. The maximum absolute atomic E-state index is 5.73. The van der Waals surface area contributed by atoms with Crippen molar-refractivity contribution in [1.82, 2.24) is 0 Å². The van der Waals surface area contributed by atoms with E-state index in [1.165, 1.54) is 21.9 Å². The molecule has 2 fully saturated rings. The third-order valence-corrected chi connectivity index (χ3v) is 6.35. The van der Waals surface area contributed by atoms with E-state index in [4.69, 9.17) is 18.9 Å². The summed E-state index contributed by atoms with van der Waals surface area (Å²) in [6.07, 6.45) is 3.59. The summed E-state index contributed by atoms with van der Waals surface area (Å²) in [6, 6.07) is 25.6. The topological polar surface area (TPSA) is 44.7 Å². The average molecular weight is 457 g/mol. The molecule has 4 aromatic rings. The van der Waals surface area contributed by atoms with Crippen LogP contribution in [0.4, 0.5) is 0 Å². The molecule has 0 radical (unpaired) electrons. The van der Waals surface area contributed by atoms with Crippen LogP contribution in [0.3, 0.4) is 0 Å². The van der Waals surface area contributed by atoms with E-state index in [2.05, 4.69) is 70.1 Å². The maximum atomic E-state index is 5.73. The Morgan fingerprint density at radius 1 is 0.559 bits per heavy atom. The number of nitrogens with zero attached hydrogens (tertiary/aromatic N) is 2. The van der Waals surface area contributed by atoms with Crippen molar-refractivity contribution in [2.75, 3.05) is 26.4 Å². The fourth-order valence-electron chi connectivity index (χ4n) is 4.69. The second-order valence-electron chi connectivity index (χ2n) is 8.67. The van der Waals surface area contributed by atoms with Crippen molar-refractivity contribution in [1.29, 1.82) is 0 Å². The SMILES string of the molecule is c1cc[n+](Cc2ccc3cc(C[n+]4ccccc4C4OCCO4)ccc3c2)c(C2OCCO2)c1. The van der Waals surface area contributed by atoms with E-state index >= 15 is 0 Å². The van der Waals surface area contributed by atoms with Gasteiger partial charge in [-0.25, -0.2) is 0 Å². The van der Waals surface area contributed by atoms with Gasteiger partial charge in [-0.3, -0.25) is 0 Å². The van der Waals surface area contributed by atoms with Gasteiger partial charge in [0.05, 0.1) is 26.4 Å². The minimum atomic E-state index is -0.287. The molecule has 0 bridgehead atoms. The lowest BCUT2D eigenvalue weighted by Gasteiger charge is -2.10. The van der Waals surface area contributed by atoms with Gasteiger partial charge < -0.3 is 18.9 Å². The van der Waals surface area contributed by atoms with E-state index in [-0.39, 0.29) is 12.6 Å². The number of hydrogen-bond donors (Lipinski definition) is 0. The van der Waals surface area contributed by atoms with Gasteiger partial charge in [-0.2, -0.15) is 9.13 Å². The molecular formula is C28H28N2O4+2. The third-order valence-electron chi connectivity index (χ3n) is 6.35. The van der Waals surface area contributed by atoms with Crippen molar-refractivity contribution >= 4 is 10.8 Å². The van der Waals surface area contributed by atoms with Crippen LogP contribution in [0.2, 0.25) is 0 Å². The highest BCUT2D eigenvalue weighted by Crippen LogP contribution is 2.23. The number of aromatic nitrogens is 2. The van der Waals surface area contributed by atoms with Gasteiger partial charge >= 0.3 is 0 Å². The number of rotatable bonds is 6. The number of fused-ring (bicyclic) bond motifs is 1. The van der Waals surface area contributed by atoms with Crippen molar-refractivity contribution in [3.63, 3.8) is 0 Å². The molecule has 0 aliphatic carbocycles. The molecular weight excluding hydrogens is 428 g/mol. The Labute approximate surface area is 198 Å². The van der Waals surface area contributed by atoms with Gasteiger partial charge in [-0.05, 0) is 35.0 Å². The highest BCUT2D eigenvalue weighted by molar-refractivity contribution is 5.83. The molecule has 6 rings (SSSR count). The monoisotopic (exact) mass is 456 g/mol. The predicted octanol–water partition coefficient (Wildman–Crippen LogP) is 3.60. The zero-order valence-corrected chi connectivity index (χ0v) is 19.0. The molecule has 6 heteroatoms. The highest BCUT2D eigenvalue weighted by atomic mass is 16.7. The summed E-state index contributed by atoms with van der Waals surface area (Å²) in [4.78, 5) is 0. The van der Waals surface area contributed by atoms with Crippen molar-refractivity contribution in [3.8, 4) is 0 Å². The second-order valence-corrected chi connectivity index (χ2v) is 8.67. The summed E-state index contributed by atoms with van der Waals surface area (Å²) < 4.78 is 27.3. The quantitative estimate of drug-likeness (QED) is 0.416. The molecule has 2 saturated heterocycles. The Kier molecular flexibility index (Phi) is 6.04. The minimum Gasteiger partial charge on any atom is -0.341 e. The summed E-state index contributed by atoms with van der Waals surface area (Å²) in [5.41, 5.74) is 4.57. The first-order chi connectivity index (χ1) is 16.8. The van der Waals surface area contributed by atoms with Gasteiger partial charge in [-0.1, -0.05) is 24.3 Å². The van der Waals surface area contributed by atoms with Gasteiger partial charge in [0.1, 0.15) is 0 Å². The Hall–Kier alpha value is -3.16. The highest BCUT2D eigenvalue weighted by Gasteiger charge is 2.28. The van der Waals surface area contributed by atoms with Crippen LogP contribution in [0.15, 0.2) is 85.2 Å². The lowest BCUT2D eigenvalue weighted by atomic mass is 10.0. The minimum absolute atomic E-state index is 0.287. The van der Waals surface area contributed by atoms with Gasteiger partial charge in [0.15, 0.2) is 25.5 Å². The smallest absolute Gasteiger partial charge is 0.245 e. The molecule has 2 aromatic carbocycles. The predicted molar refractivity (Wildman–Crippen MR) is 125 cm³/mol. The van der Waals surface area contributed by atoms with Gasteiger partial charge in [0, 0.05) is 35.4 Å². The average Bonchev–Trinajstić information content (AvgIpc) is 3.60. The van der Waals surface area contributed by atoms with Gasteiger partial charge in [0.25, 0.3) is 0 Å². The van der Waals surface area contributed by atoms with Crippen molar-refractivity contribution in [2.24, 2.45) is 0 Å². The first kappa shape index (κ1) is 21.4. The standard InChI is InChI=1S/C28H28N2O4/c1-3-11-29(25(5-1)27-31-13-14-32-27)19-21-7-9-24-18-22(8-10-23(24)17-21)20-30-12-4-2-6-26(30)28-33-15-16-34-28/h1-12,17-18,27-28H,13-16,19-20H2/q+2. The number of pyridine rings is 2. The molecule has 0 unspecified atom stereocenters. The molecule has 2 aliphatic heterocycles. The van der Waals surface area contributed by atoms with Crippen LogP contribution in [0.1, 0.15) is 35.1 Å². The van der Waals surface area contributed by atoms with E-state index in [1.807, 2.05) is 24.3 Å². The molecule has 34 heavy (non-hydrogen) atoms. The number of benzene rings is 2. The summed E-state index contributed by atoms with van der Waals surface area (Å²) in [6.45, 7) is 4.09. The zero-order valence-electron chi connectivity index (χ0n) is 19.0. The lowest BCUT2D eigenvalue weighted by Crippen LogP contribution is -2.40. The van der Waals surface area contributed by atoms with Crippen LogP contribution < -0.4 is 9.13 Å². The molecule has 0 amide bonds. The summed E-state index contributed by atoms with van der Waals surface area (Å²) in [5, 5.41) is 2.46. The fraction of sp³-hybridized carbons (Fsp3) is 0.286. The summed E-state index contributed by atoms with van der Waals surface area (Å²) >= 11 is 0. The molecule has 172 valence electrons. The Balaban J connectivity index is 1.23. The fourth-order valence-corrected chi connectivity index (χ4v) is 4.69. The molecule has 2 aliphatic rings. The molecule has 0 spiro atoms. The van der Waals surface area contributed by atoms with Crippen LogP contribution >= 0.6 is 0 Å². The van der Waals surface area contributed by atoms with Crippen LogP contribution in [0.5, 0.6) is 0 Å². The van der Waals surface area contributed by atoms with E-state index in [0.29, 0.717) is 26.4 Å². The molecule has 0 N–H and O–H groups in total. The van der Waals surface area contributed by atoms with E-state index in [0.717, 1.165) is 24.5 Å². The van der Waals surface area contributed by atoms with E-state index < -0.39 is 0 Å². The molecule has 4 heterocycles.